The Bertz CT molecular complexity index is 1730. The molecule has 5 atom stereocenters. The number of carbonyl (C=O) groups excluding carboxylic acids is 6. The lowest BCUT2D eigenvalue weighted by Gasteiger charge is -2.33. The van der Waals surface area contributed by atoms with Crippen molar-refractivity contribution in [2.24, 2.45) is 11.1 Å². The Kier molecular flexibility index (Phi) is 17.4. The smallest absolute Gasteiger partial charge is 0.308 e. The molecule has 0 bridgehead atoms. The van der Waals surface area contributed by atoms with Crippen molar-refractivity contribution in [3.63, 3.8) is 0 Å². The van der Waals surface area contributed by atoms with Crippen LogP contribution in [-0.2, 0) is 51.2 Å². The second-order valence-corrected chi connectivity index (χ2v) is 14.6. The fourth-order valence-corrected chi connectivity index (χ4v) is 5.70. The average molecular weight is 785 g/mol. The number of primary amides is 1. The number of hydrogen-bond donors (Lipinski definition) is 9. The number of rotatable bonds is 21. The third-order valence-electron chi connectivity index (χ3n) is 8.02. The SMILES string of the molecule is C=C(CC(=O)O)C(=O)NC(Cc1ccccc1)C(=O)NC(Cc1ccc(O)cc1)C(=O)NC(CC(=O)O)C(=O)NC(C(=O)NC(CSC)C(N)=O)C(C)(C)C. The lowest BCUT2D eigenvalue weighted by atomic mass is 9.85. The van der Waals surface area contributed by atoms with Gasteiger partial charge in [0.05, 0.1) is 12.8 Å². The van der Waals surface area contributed by atoms with Crippen molar-refractivity contribution in [2.75, 3.05) is 12.0 Å². The van der Waals surface area contributed by atoms with Crippen LogP contribution in [0, 0.1) is 5.41 Å². The number of carboxylic acids is 2. The van der Waals surface area contributed by atoms with Crippen LogP contribution in [0.4, 0.5) is 0 Å². The lowest BCUT2D eigenvalue weighted by molar-refractivity contribution is -0.142. The first-order valence-electron chi connectivity index (χ1n) is 17.0. The predicted octanol–water partition coefficient (Wildman–Crippen LogP) is 0.00140. The molecule has 0 saturated carbocycles. The predicted molar refractivity (Wildman–Crippen MR) is 202 cm³/mol. The van der Waals surface area contributed by atoms with Gasteiger partial charge in [0, 0.05) is 24.2 Å². The Balaban J connectivity index is 2.46. The van der Waals surface area contributed by atoms with Crippen LogP contribution in [0.5, 0.6) is 5.75 Å². The monoisotopic (exact) mass is 784 g/mol. The van der Waals surface area contributed by atoms with Crippen LogP contribution in [0.3, 0.4) is 0 Å². The minimum absolute atomic E-state index is 0.0905. The molecule has 18 heteroatoms. The highest BCUT2D eigenvalue weighted by Crippen LogP contribution is 2.20. The van der Waals surface area contributed by atoms with E-state index in [0.29, 0.717) is 11.1 Å². The molecule has 0 radical (unpaired) electrons. The van der Waals surface area contributed by atoms with Crippen molar-refractivity contribution in [3.05, 3.63) is 77.9 Å². The number of carbonyl (C=O) groups is 8. The maximum absolute atomic E-state index is 13.9. The molecule has 0 heterocycles. The summed E-state index contributed by atoms with van der Waals surface area (Å²) in [5.74, 6) is -8.25. The van der Waals surface area contributed by atoms with Crippen LogP contribution in [0.15, 0.2) is 66.7 Å². The molecule has 0 aliphatic rings. The molecule has 6 amide bonds. The summed E-state index contributed by atoms with van der Waals surface area (Å²) in [6.45, 7) is 8.31. The summed E-state index contributed by atoms with van der Waals surface area (Å²) in [6.07, 6.45) is -0.287. The van der Waals surface area contributed by atoms with Gasteiger partial charge in [-0.1, -0.05) is 69.8 Å². The minimum Gasteiger partial charge on any atom is -0.508 e. The number of nitrogens with two attached hydrogens (primary N) is 1. The number of hydrogen-bond acceptors (Lipinski definition) is 10. The number of carboxylic acid groups (broad SMARTS) is 2. The van der Waals surface area contributed by atoms with Crippen molar-refractivity contribution in [3.8, 4) is 5.75 Å². The molecular formula is C37H48N6O11S. The maximum atomic E-state index is 13.9. The van der Waals surface area contributed by atoms with E-state index in [1.165, 1.54) is 36.0 Å². The van der Waals surface area contributed by atoms with Crippen LogP contribution in [-0.4, -0.2) is 105 Å². The second kappa shape index (κ2) is 21.1. The van der Waals surface area contributed by atoms with Gasteiger partial charge in [-0.3, -0.25) is 38.4 Å². The normalized spacial score (nSPS) is 13.7. The van der Waals surface area contributed by atoms with Gasteiger partial charge in [-0.2, -0.15) is 11.8 Å². The van der Waals surface area contributed by atoms with Crippen molar-refractivity contribution < 1.29 is 53.7 Å². The Labute approximate surface area is 322 Å². The van der Waals surface area contributed by atoms with Crippen LogP contribution >= 0.6 is 11.8 Å². The zero-order valence-corrected chi connectivity index (χ0v) is 31.7. The Morgan fingerprint density at radius 2 is 1.18 bits per heavy atom. The molecule has 10 N–H and O–H groups in total. The van der Waals surface area contributed by atoms with Gasteiger partial charge in [-0.05, 0) is 34.9 Å². The van der Waals surface area contributed by atoms with Crippen molar-refractivity contribution in [2.45, 2.75) is 76.7 Å². The van der Waals surface area contributed by atoms with Crippen LogP contribution < -0.4 is 32.3 Å². The molecule has 0 saturated heterocycles. The summed E-state index contributed by atoms with van der Waals surface area (Å²) in [4.78, 5) is 103. The van der Waals surface area contributed by atoms with E-state index in [0.717, 1.165) is 0 Å². The molecule has 55 heavy (non-hydrogen) atoms. The fraction of sp³-hybridized carbons (Fsp3) is 0.405. The first-order valence-corrected chi connectivity index (χ1v) is 18.3. The number of phenols is 1. The average Bonchev–Trinajstić information content (AvgIpc) is 3.09. The molecule has 2 aromatic rings. The highest BCUT2D eigenvalue weighted by Gasteiger charge is 2.38. The van der Waals surface area contributed by atoms with E-state index in [4.69, 9.17) is 10.8 Å². The molecule has 298 valence electrons. The molecule has 0 spiro atoms. The highest BCUT2D eigenvalue weighted by atomic mass is 32.2. The van der Waals surface area contributed by atoms with Crippen LogP contribution in [0.2, 0.25) is 0 Å². The van der Waals surface area contributed by atoms with Crippen molar-refractivity contribution >= 4 is 59.1 Å². The summed E-state index contributed by atoms with van der Waals surface area (Å²) in [5.41, 5.74) is 5.12. The van der Waals surface area contributed by atoms with Gasteiger partial charge in [0.1, 0.15) is 36.0 Å². The van der Waals surface area contributed by atoms with Crippen molar-refractivity contribution in [1.29, 1.82) is 0 Å². The standard InChI is InChI=1S/C37H48N6O11S/c1-20(15-28(45)46)32(50)39-24(16-21-9-7-6-8-10-21)33(51)40-25(17-22-11-13-23(44)14-12-22)34(52)41-26(18-29(47)48)35(53)43-30(37(2,3)4)36(54)42-27(19-55-5)31(38)49/h6-14,24-27,30,44H,1,15-19H2,2-5H3,(H2,38,49)(H,39,50)(H,40,51)(H,41,52)(H,42,54)(H,43,53)(H,45,46)(H,47,48). The third kappa shape index (κ3) is 15.5. The quantitative estimate of drug-likeness (QED) is 0.0757. The molecule has 0 aliphatic carbocycles. The number of phenolic OH excluding ortho intramolecular Hbond substituents is 1. The lowest BCUT2D eigenvalue weighted by Crippen LogP contribution is -2.62. The molecule has 2 aromatic carbocycles. The Morgan fingerprint density at radius 3 is 1.67 bits per heavy atom. The van der Waals surface area contributed by atoms with Crippen LogP contribution in [0.25, 0.3) is 0 Å². The molecule has 0 aliphatic heterocycles. The molecule has 17 nitrogen and oxygen atoms in total. The minimum atomic E-state index is -1.78. The van der Waals surface area contributed by atoms with Gasteiger partial charge in [-0.25, -0.2) is 0 Å². The summed E-state index contributed by atoms with van der Waals surface area (Å²) < 4.78 is 0. The molecule has 0 aromatic heterocycles. The number of aromatic hydroxyl groups is 1. The van der Waals surface area contributed by atoms with E-state index in [-0.39, 0.29) is 29.9 Å². The van der Waals surface area contributed by atoms with E-state index >= 15 is 0 Å². The second-order valence-electron chi connectivity index (χ2n) is 13.7. The summed E-state index contributed by atoms with van der Waals surface area (Å²) in [6, 6.07) is 7.00. The highest BCUT2D eigenvalue weighted by molar-refractivity contribution is 7.98. The topological polar surface area (TPSA) is 283 Å². The largest absolute Gasteiger partial charge is 0.508 e. The molecule has 5 unspecified atom stereocenters. The first kappa shape index (κ1) is 45.2. The van der Waals surface area contributed by atoms with Gasteiger partial charge in [0.15, 0.2) is 0 Å². The number of nitrogens with one attached hydrogen (secondary N) is 5. The first-order chi connectivity index (χ1) is 25.7. The maximum Gasteiger partial charge on any atom is 0.308 e. The molecule has 2 rings (SSSR count). The van der Waals surface area contributed by atoms with Crippen LogP contribution in [0.1, 0.15) is 44.7 Å². The van der Waals surface area contributed by atoms with Gasteiger partial charge in [0.25, 0.3) is 0 Å². The molecular weight excluding hydrogens is 737 g/mol. The number of aliphatic carboxylic acids is 2. The zero-order chi connectivity index (χ0) is 41.5. The van der Waals surface area contributed by atoms with Gasteiger partial charge >= 0.3 is 11.9 Å². The third-order valence-corrected chi connectivity index (χ3v) is 8.69. The zero-order valence-electron chi connectivity index (χ0n) is 30.9. The fourth-order valence-electron chi connectivity index (χ4n) is 5.12. The van der Waals surface area contributed by atoms with Gasteiger partial charge < -0.3 is 47.6 Å². The Morgan fingerprint density at radius 1 is 0.691 bits per heavy atom. The van der Waals surface area contributed by atoms with Gasteiger partial charge in [-0.15, -0.1) is 0 Å². The van der Waals surface area contributed by atoms with E-state index < -0.39 is 95.8 Å². The summed E-state index contributed by atoms with van der Waals surface area (Å²) in [5, 5.41) is 40.9. The van der Waals surface area contributed by atoms with E-state index in [1.54, 1.807) is 57.4 Å². The molecule has 0 fully saturated rings. The van der Waals surface area contributed by atoms with E-state index in [2.05, 4.69) is 33.2 Å². The number of thioether (sulfide) groups is 1. The summed E-state index contributed by atoms with van der Waals surface area (Å²) >= 11 is 1.24. The van der Waals surface area contributed by atoms with Gasteiger partial charge in [0.2, 0.25) is 35.4 Å². The number of amides is 6. The number of benzene rings is 2. The van der Waals surface area contributed by atoms with Crippen molar-refractivity contribution in [1.82, 2.24) is 26.6 Å². The Hall–Kier alpha value is -5.91. The van der Waals surface area contributed by atoms with E-state index in [1.807, 2.05) is 0 Å². The van der Waals surface area contributed by atoms with E-state index in [9.17, 15) is 48.6 Å². The summed E-state index contributed by atoms with van der Waals surface area (Å²) in [7, 11) is 0.